The molecule has 2 aromatic carbocycles. The second-order valence-corrected chi connectivity index (χ2v) is 6.96. The number of rotatable bonds is 9. The molecule has 9 heteroatoms. The van der Waals surface area contributed by atoms with E-state index < -0.39 is 19.1 Å². The number of hydrogen-bond acceptors (Lipinski definition) is 8. The van der Waals surface area contributed by atoms with Crippen molar-refractivity contribution in [2.24, 2.45) is 5.90 Å². The lowest BCUT2D eigenvalue weighted by Gasteiger charge is -2.12. The molecule has 0 saturated carbocycles. The number of aromatic nitrogens is 2. The summed E-state index contributed by atoms with van der Waals surface area (Å²) in [5.41, 5.74) is 2.12. The molecule has 31 heavy (non-hydrogen) atoms. The molecular formula is C22H22ClN3O5. The summed E-state index contributed by atoms with van der Waals surface area (Å²) in [6.07, 6.45) is 1.50. The number of esters is 1. The van der Waals surface area contributed by atoms with Crippen LogP contribution in [0.3, 0.4) is 0 Å². The summed E-state index contributed by atoms with van der Waals surface area (Å²) >= 11 is 5.96. The number of nitrogens with zero attached hydrogens (tertiary/aromatic N) is 2. The van der Waals surface area contributed by atoms with E-state index in [-0.39, 0.29) is 12.2 Å². The Morgan fingerprint density at radius 2 is 1.87 bits per heavy atom. The number of allylic oxidation sites excluding steroid dienone is 1. The van der Waals surface area contributed by atoms with Gasteiger partial charge in [0.1, 0.15) is 31.3 Å². The normalized spacial score (nSPS) is 12.0. The van der Waals surface area contributed by atoms with Crippen LogP contribution >= 0.6 is 11.6 Å². The minimum atomic E-state index is -2.36. The highest BCUT2D eigenvalue weighted by Crippen LogP contribution is 2.25. The molecule has 0 aliphatic heterocycles. The Morgan fingerprint density at radius 3 is 2.58 bits per heavy atom. The molecule has 0 radical (unpaired) electrons. The average molecular weight is 446 g/mol. The molecular weight excluding hydrogens is 422 g/mol. The van der Waals surface area contributed by atoms with Gasteiger partial charge in [-0.1, -0.05) is 17.2 Å². The van der Waals surface area contributed by atoms with Gasteiger partial charge < -0.3 is 19.0 Å². The van der Waals surface area contributed by atoms with Gasteiger partial charge in [-0.05, 0) is 56.3 Å². The predicted octanol–water partition coefficient (Wildman–Crippen LogP) is 4.22. The molecule has 0 bridgehead atoms. The molecule has 3 rings (SSSR count). The Labute approximate surface area is 187 Å². The highest BCUT2D eigenvalue weighted by atomic mass is 35.5. The van der Waals surface area contributed by atoms with Gasteiger partial charge in [0.2, 0.25) is 5.88 Å². The van der Waals surface area contributed by atoms with Crippen LogP contribution in [0.5, 0.6) is 17.4 Å². The summed E-state index contributed by atoms with van der Waals surface area (Å²) in [5.74, 6) is 5.32. The predicted molar refractivity (Wildman–Crippen MR) is 116 cm³/mol. The van der Waals surface area contributed by atoms with Crippen LogP contribution < -0.4 is 15.4 Å². The lowest BCUT2D eigenvalue weighted by atomic mass is 10.1. The molecule has 0 aliphatic rings. The quantitative estimate of drug-likeness (QED) is 0.296. The van der Waals surface area contributed by atoms with Crippen molar-refractivity contribution in [1.29, 1.82) is 0 Å². The van der Waals surface area contributed by atoms with Gasteiger partial charge in [0.25, 0.3) is 0 Å². The molecule has 1 heterocycles. The topological polar surface area (TPSA) is 106 Å². The van der Waals surface area contributed by atoms with Crippen molar-refractivity contribution in [2.45, 2.75) is 13.8 Å². The van der Waals surface area contributed by atoms with E-state index in [0.717, 1.165) is 0 Å². The Hall–Kier alpha value is -3.20. The third-order valence-corrected chi connectivity index (χ3v) is 4.30. The van der Waals surface area contributed by atoms with Crippen LogP contribution in [0.2, 0.25) is 5.02 Å². The highest BCUT2D eigenvalue weighted by molar-refractivity contribution is 6.31. The standard InChI is InChI=1S/C22H22ClN3O5/c1-14(2)18(22(27)28-9-10-30-24)13-29-16-4-6-17(7-5-16)31-21-12-25-20-11-15(23)3-8-19(20)26-21/h3-8,11-12H,9-10,13,24H2,1-2H3/i9D2. The fourth-order valence-corrected chi connectivity index (χ4v) is 2.66. The summed E-state index contributed by atoms with van der Waals surface area (Å²) < 4.78 is 31.4. The molecule has 1 aromatic heterocycles. The first-order valence-corrected chi connectivity index (χ1v) is 9.59. The van der Waals surface area contributed by atoms with E-state index in [9.17, 15) is 4.79 Å². The van der Waals surface area contributed by atoms with E-state index in [4.69, 9.17) is 34.5 Å². The van der Waals surface area contributed by atoms with E-state index >= 15 is 0 Å². The van der Waals surface area contributed by atoms with E-state index in [2.05, 4.69) is 14.8 Å². The zero-order valence-corrected chi connectivity index (χ0v) is 17.7. The third-order valence-electron chi connectivity index (χ3n) is 4.07. The summed E-state index contributed by atoms with van der Waals surface area (Å²) in [4.78, 5) is 25.2. The first-order chi connectivity index (χ1) is 15.7. The summed E-state index contributed by atoms with van der Waals surface area (Å²) in [7, 11) is 0. The van der Waals surface area contributed by atoms with Gasteiger partial charge in [-0.15, -0.1) is 0 Å². The van der Waals surface area contributed by atoms with Crippen molar-refractivity contribution >= 4 is 28.6 Å². The van der Waals surface area contributed by atoms with Crippen LogP contribution in [0, 0.1) is 0 Å². The summed E-state index contributed by atoms with van der Waals surface area (Å²) in [6, 6.07) is 11.9. The zero-order chi connectivity index (χ0) is 24.0. The molecule has 0 saturated heterocycles. The summed E-state index contributed by atoms with van der Waals surface area (Å²) in [6.45, 7) is 0.338. The molecule has 0 atom stereocenters. The van der Waals surface area contributed by atoms with Gasteiger partial charge in [0.05, 0.1) is 25.5 Å². The van der Waals surface area contributed by atoms with E-state index in [1.54, 1.807) is 56.3 Å². The minimum Gasteiger partial charge on any atom is -0.489 e. The van der Waals surface area contributed by atoms with Gasteiger partial charge in [0.15, 0.2) is 0 Å². The van der Waals surface area contributed by atoms with Crippen molar-refractivity contribution in [3.8, 4) is 17.4 Å². The molecule has 2 N–H and O–H groups in total. The highest BCUT2D eigenvalue weighted by Gasteiger charge is 2.14. The first-order valence-electron chi connectivity index (χ1n) is 10.2. The monoisotopic (exact) mass is 445 g/mol. The molecule has 3 aromatic rings. The number of benzene rings is 2. The Bertz CT molecular complexity index is 1170. The molecule has 8 nitrogen and oxygen atoms in total. The zero-order valence-electron chi connectivity index (χ0n) is 18.9. The van der Waals surface area contributed by atoms with Crippen LogP contribution in [-0.2, 0) is 14.4 Å². The van der Waals surface area contributed by atoms with Crippen LogP contribution in [0.15, 0.2) is 59.8 Å². The van der Waals surface area contributed by atoms with Gasteiger partial charge in [-0.25, -0.2) is 20.7 Å². The molecule has 0 spiro atoms. The Kier molecular flexibility index (Phi) is 6.83. The maximum atomic E-state index is 12.3. The maximum Gasteiger partial charge on any atom is 0.337 e. The second kappa shape index (κ2) is 10.7. The van der Waals surface area contributed by atoms with Gasteiger partial charge in [0, 0.05) is 5.02 Å². The van der Waals surface area contributed by atoms with Gasteiger partial charge in [-0.2, -0.15) is 0 Å². The Morgan fingerprint density at radius 1 is 1.13 bits per heavy atom. The van der Waals surface area contributed by atoms with Crippen molar-refractivity contribution in [1.82, 2.24) is 9.97 Å². The molecule has 0 fully saturated rings. The largest absolute Gasteiger partial charge is 0.489 e. The molecule has 0 aliphatic carbocycles. The van der Waals surface area contributed by atoms with Crippen LogP contribution in [-0.4, -0.2) is 35.7 Å². The number of nitrogens with two attached hydrogens (primary N) is 1. The van der Waals surface area contributed by atoms with Crippen LogP contribution in [0.25, 0.3) is 11.0 Å². The van der Waals surface area contributed by atoms with E-state index in [0.29, 0.717) is 39.0 Å². The SMILES string of the molecule is [2H]C([2H])(CON)OC(=O)C(COc1ccc(Oc2cnc3cc(Cl)ccc3n2)cc1)=C(C)C. The van der Waals surface area contributed by atoms with E-state index in [1.165, 1.54) is 6.20 Å². The van der Waals surface area contributed by atoms with Crippen molar-refractivity contribution < 1.29 is 26.6 Å². The van der Waals surface area contributed by atoms with Crippen LogP contribution in [0.4, 0.5) is 0 Å². The van der Waals surface area contributed by atoms with Crippen molar-refractivity contribution in [3.05, 3.63) is 64.8 Å². The molecule has 162 valence electrons. The number of halogens is 1. The summed E-state index contributed by atoms with van der Waals surface area (Å²) in [5, 5.41) is 0.578. The van der Waals surface area contributed by atoms with Gasteiger partial charge >= 0.3 is 5.97 Å². The number of carbonyl (C=O) groups is 1. The van der Waals surface area contributed by atoms with Gasteiger partial charge in [-0.3, -0.25) is 0 Å². The smallest absolute Gasteiger partial charge is 0.337 e. The van der Waals surface area contributed by atoms with E-state index in [1.807, 2.05) is 0 Å². The first kappa shape index (κ1) is 19.7. The number of fused-ring (bicyclic) bond motifs is 1. The lowest BCUT2D eigenvalue weighted by Crippen LogP contribution is -2.18. The lowest BCUT2D eigenvalue weighted by molar-refractivity contribution is -0.141. The number of ether oxygens (including phenoxy) is 3. The average Bonchev–Trinajstić information content (AvgIpc) is 2.74. The van der Waals surface area contributed by atoms with Crippen molar-refractivity contribution in [2.75, 3.05) is 19.8 Å². The minimum absolute atomic E-state index is 0.111. The third kappa shape index (κ3) is 6.39. The number of hydrogen-bond donors (Lipinski definition) is 1. The molecule has 0 amide bonds. The molecule has 0 unspecified atom stereocenters. The fraction of sp³-hybridized carbons (Fsp3) is 0.227. The van der Waals surface area contributed by atoms with Crippen LogP contribution in [0.1, 0.15) is 16.6 Å². The number of carbonyl (C=O) groups excluding carboxylic acids is 1. The fourth-order valence-electron chi connectivity index (χ4n) is 2.49. The maximum absolute atomic E-state index is 12.3. The second-order valence-electron chi connectivity index (χ2n) is 6.53. The Balaban J connectivity index is 1.62. The van der Waals surface area contributed by atoms with Crippen molar-refractivity contribution in [3.63, 3.8) is 0 Å².